The lowest BCUT2D eigenvalue weighted by molar-refractivity contribution is 0.302. The normalized spacial score (nSPS) is 18.2. The number of nitrogens with zero attached hydrogens (tertiary/aromatic N) is 3. The van der Waals surface area contributed by atoms with E-state index in [-0.39, 0.29) is 12.1 Å². The Kier molecular flexibility index (Phi) is 5.26. The Bertz CT molecular complexity index is 1170. The second kappa shape index (κ2) is 8.36. The molecule has 0 spiro atoms. The molecule has 5 rings (SSSR count). The summed E-state index contributed by atoms with van der Waals surface area (Å²) >= 11 is 5.82. The molecule has 1 fully saturated rings. The van der Waals surface area contributed by atoms with Gasteiger partial charge in [-0.15, -0.1) is 0 Å². The molecule has 4 nitrogen and oxygen atoms in total. The predicted octanol–water partition coefficient (Wildman–Crippen LogP) is 5.35. The van der Waals surface area contributed by atoms with E-state index in [2.05, 4.69) is 99.6 Å². The van der Waals surface area contributed by atoms with Crippen molar-refractivity contribution >= 4 is 17.3 Å². The second-order valence-corrected chi connectivity index (χ2v) is 8.27. The largest absolute Gasteiger partial charge is 0.352 e. The van der Waals surface area contributed by atoms with E-state index in [0.29, 0.717) is 0 Å². The summed E-state index contributed by atoms with van der Waals surface area (Å²) in [5.41, 5.74) is 5.79. The van der Waals surface area contributed by atoms with Gasteiger partial charge >= 0.3 is 0 Å². The van der Waals surface area contributed by atoms with Crippen LogP contribution in [0, 0.1) is 6.92 Å². The minimum Gasteiger partial charge on any atom is -0.352 e. The third kappa shape index (κ3) is 3.84. The molecular formula is C26H24N4S. The third-order valence-corrected chi connectivity index (χ3v) is 6.14. The Hall–Kier alpha value is -3.44. The van der Waals surface area contributed by atoms with Gasteiger partial charge in [0.25, 0.3) is 0 Å². The average Bonchev–Trinajstić information content (AvgIpc) is 3.40. The van der Waals surface area contributed by atoms with E-state index < -0.39 is 0 Å². The Morgan fingerprint density at radius 3 is 2.42 bits per heavy atom. The van der Waals surface area contributed by atoms with Crippen molar-refractivity contribution in [1.82, 2.24) is 19.8 Å². The van der Waals surface area contributed by atoms with Gasteiger partial charge in [0.1, 0.15) is 0 Å². The number of aryl methyl sites for hydroxylation is 1. The lowest BCUT2D eigenvalue weighted by Crippen LogP contribution is -2.30. The van der Waals surface area contributed by atoms with Crippen molar-refractivity contribution in [1.29, 1.82) is 0 Å². The Morgan fingerprint density at radius 1 is 0.903 bits per heavy atom. The number of benzene rings is 2. The molecule has 4 aromatic rings. The fourth-order valence-corrected chi connectivity index (χ4v) is 4.56. The second-order valence-electron chi connectivity index (χ2n) is 7.88. The lowest BCUT2D eigenvalue weighted by atomic mass is 10.0. The maximum Gasteiger partial charge on any atom is 0.170 e. The molecule has 1 aliphatic rings. The molecule has 1 N–H and O–H groups in total. The molecule has 31 heavy (non-hydrogen) atoms. The molecule has 0 unspecified atom stereocenters. The number of thiocarbonyl (C=S) groups is 1. The first-order valence-corrected chi connectivity index (χ1v) is 10.9. The van der Waals surface area contributed by atoms with Gasteiger partial charge in [-0.05, 0) is 61.1 Å². The first-order valence-electron chi connectivity index (χ1n) is 10.5. The minimum absolute atomic E-state index is 0.0129. The molecule has 0 saturated carbocycles. The Labute approximate surface area is 188 Å². The molecule has 0 aliphatic carbocycles. The highest BCUT2D eigenvalue weighted by Gasteiger charge is 2.41. The summed E-state index contributed by atoms with van der Waals surface area (Å²) in [6, 6.07) is 29.4. The number of rotatable bonds is 5. The van der Waals surface area contributed by atoms with Gasteiger partial charge in [0.05, 0.1) is 17.8 Å². The van der Waals surface area contributed by atoms with Crippen LogP contribution in [0.25, 0.3) is 5.69 Å². The Balaban J connectivity index is 1.60. The van der Waals surface area contributed by atoms with E-state index in [4.69, 9.17) is 12.2 Å². The van der Waals surface area contributed by atoms with Crippen LogP contribution in [0.5, 0.6) is 0 Å². The van der Waals surface area contributed by atoms with E-state index in [0.717, 1.165) is 23.0 Å². The molecule has 0 bridgehead atoms. The van der Waals surface area contributed by atoms with Gasteiger partial charge in [-0.25, -0.2) is 0 Å². The van der Waals surface area contributed by atoms with Crippen LogP contribution in [0.4, 0.5) is 0 Å². The molecule has 1 saturated heterocycles. The summed E-state index contributed by atoms with van der Waals surface area (Å²) < 4.78 is 2.26. The molecule has 0 radical (unpaired) electrons. The molecule has 3 heterocycles. The molecular weight excluding hydrogens is 400 g/mol. The van der Waals surface area contributed by atoms with E-state index in [1.807, 2.05) is 24.4 Å². The average molecular weight is 425 g/mol. The maximum absolute atomic E-state index is 5.82. The van der Waals surface area contributed by atoms with Crippen LogP contribution in [0.3, 0.4) is 0 Å². The summed E-state index contributed by atoms with van der Waals surface area (Å²) in [5, 5.41) is 4.30. The molecule has 1 aliphatic heterocycles. The zero-order chi connectivity index (χ0) is 21.2. The van der Waals surface area contributed by atoms with Crippen LogP contribution in [0.15, 0.2) is 97.3 Å². The van der Waals surface area contributed by atoms with E-state index in [1.165, 1.54) is 16.8 Å². The van der Waals surface area contributed by atoms with Crippen molar-refractivity contribution in [3.05, 3.63) is 120 Å². The smallest absolute Gasteiger partial charge is 0.170 e. The molecule has 2 aromatic heterocycles. The quantitative estimate of drug-likeness (QED) is 0.438. The zero-order valence-electron chi connectivity index (χ0n) is 17.3. The van der Waals surface area contributed by atoms with Crippen molar-refractivity contribution in [2.24, 2.45) is 0 Å². The van der Waals surface area contributed by atoms with Gasteiger partial charge in [0, 0.05) is 30.3 Å². The van der Waals surface area contributed by atoms with Gasteiger partial charge in [-0.3, -0.25) is 4.98 Å². The van der Waals surface area contributed by atoms with Gasteiger partial charge < -0.3 is 14.8 Å². The van der Waals surface area contributed by atoms with Crippen molar-refractivity contribution in [3.63, 3.8) is 0 Å². The predicted molar refractivity (Wildman–Crippen MR) is 128 cm³/mol. The zero-order valence-corrected chi connectivity index (χ0v) is 18.2. The lowest BCUT2D eigenvalue weighted by Gasteiger charge is -2.29. The monoisotopic (exact) mass is 424 g/mol. The SMILES string of the molecule is Cc1ccc(-n2cccc2[C@H]2[C@@H](c3ccccn3)NC(=S)N2Cc2ccccc2)cc1. The molecule has 2 atom stereocenters. The number of hydrogen-bond donors (Lipinski definition) is 1. The fraction of sp³-hybridized carbons (Fsp3) is 0.154. The molecule has 5 heteroatoms. The van der Waals surface area contributed by atoms with Gasteiger partial charge in [-0.1, -0.05) is 54.1 Å². The molecule has 2 aromatic carbocycles. The highest BCUT2D eigenvalue weighted by atomic mass is 32.1. The summed E-state index contributed by atoms with van der Waals surface area (Å²) in [4.78, 5) is 6.93. The summed E-state index contributed by atoms with van der Waals surface area (Å²) in [6.07, 6.45) is 3.97. The van der Waals surface area contributed by atoms with Crippen molar-refractivity contribution < 1.29 is 0 Å². The molecule has 154 valence electrons. The third-order valence-electron chi connectivity index (χ3n) is 5.79. The summed E-state index contributed by atoms with van der Waals surface area (Å²) in [7, 11) is 0. The summed E-state index contributed by atoms with van der Waals surface area (Å²) in [6.45, 7) is 2.85. The van der Waals surface area contributed by atoms with Crippen LogP contribution < -0.4 is 5.32 Å². The highest BCUT2D eigenvalue weighted by molar-refractivity contribution is 7.80. The van der Waals surface area contributed by atoms with Crippen LogP contribution in [0.2, 0.25) is 0 Å². The van der Waals surface area contributed by atoms with Crippen molar-refractivity contribution in [2.45, 2.75) is 25.6 Å². The van der Waals surface area contributed by atoms with Crippen LogP contribution in [0.1, 0.15) is 34.6 Å². The van der Waals surface area contributed by atoms with Gasteiger partial charge in [-0.2, -0.15) is 0 Å². The van der Waals surface area contributed by atoms with Crippen LogP contribution >= 0.6 is 12.2 Å². The first kappa shape index (κ1) is 19.5. The van der Waals surface area contributed by atoms with Crippen LogP contribution in [-0.4, -0.2) is 19.6 Å². The standard InChI is InChI=1S/C26H24N4S/c1-19-12-14-21(15-13-19)29-17-7-11-23(29)25-24(22-10-5-6-16-27-22)28-26(31)30(25)18-20-8-3-2-4-9-20/h2-17,24-25H,18H2,1H3,(H,28,31)/t24-,25+/m1/s1. The fourth-order valence-electron chi connectivity index (χ4n) is 4.25. The maximum atomic E-state index is 5.82. The topological polar surface area (TPSA) is 33.1 Å². The minimum atomic E-state index is -0.0310. The summed E-state index contributed by atoms with van der Waals surface area (Å²) in [5.74, 6) is 0. The van der Waals surface area contributed by atoms with Gasteiger partial charge in [0.15, 0.2) is 5.11 Å². The number of aromatic nitrogens is 2. The number of pyridine rings is 1. The molecule has 0 amide bonds. The van der Waals surface area contributed by atoms with E-state index in [9.17, 15) is 0 Å². The van der Waals surface area contributed by atoms with Gasteiger partial charge in [0.2, 0.25) is 0 Å². The van der Waals surface area contributed by atoms with Crippen LogP contribution in [-0.2, 0) is 6.54 Å². The van der Waals surface area contributed by atoms with Crippen molar-refractivity contribution in [3.8, 4) is 5.69 Å². The highest BCUT2D eigenvalue weighted by Crippen LogP contribution is 2.40. The van der Waals surface area contributed by atoms with Crippen molar-refractivity contribution in [2.75, 3.05) is 0 Å². The first-order chi connectivity index (χ1) is 15.2. The number of hydrogen-bond acceptors (Lipinski definition) is 2. The van der Waals surface area contributed by atoms with E-state index in [1.54, 1.807) is 0 Å². The number of nitrogens with one attached hydrogen (secondary N) is 1. The Morgan fingerprint density at radius 2 is 1.68 bits per heavy atom. The van der Waals surface area contributed by atoms with E-state index >= 15 is 0 Å².